The van der Waals surface area contributed by atoms with E-state index in [-0.39, 0.29) is 12.1 Å². The quantitative estimate of drug-likeness (QED) is 0.825. The van der Waals surface area contributed by atoms with Gasteiger partial charge in [0.05, 0.1) is 6.04 Å². The predicted molar refractivity (Wildman–Crippen MR) is 69.3 cm³/mol. The molecule has 1 unspecified atom stereocenters. The van der Waals surface area contributed by atoms with Crippen LogP contribution in [0.1, 0.15) is 24.6 Å². The minimum Gasteiger partial charge on any atom is -0.363 e. The van der Waals surface area contributed by atoms with E-state index in [0.717, 1.165) is 38.2 Å². The maximum absolute atomic E-state index is 12.3. The van der Waals surface area contributed by atoms with Crippen LogP contribution in [0.15, 0.2) is 18.3 Å². The van der Waals surface area contributed by atoms with Gasteiger partial charge in [0.15, 0.2) is 0 Å². The molecule has 98 valence electrons. The van der Waals surface area contributed by atoms with Crippen molar-refractivity contribution in [3.05, 3.63) is 24.0 Å². The molecule has 0 aliphatic carbocycles. The largest absolute Gasteiger partial charge is 0.363 e. The molecule has 0 aromatic carbocycles. The van der Waals surface area contributed by atoms with Crippen LogP contribution in [0.5, 0.6) is 0 Å². The zero-order valence-electron chi connectivity index (χ0n) is 10.7. The number of hydrogen-bond donors (Lipinski definition) is 2. The normalized spacial score (nSPS) is 26.1. The number of amides is 2. The number of nitrogens with one attached hydrogen (secondary N) is 2. The highest BCUT2D eigenvalue weighted by Gasteiger charge is 2.39. The first kappa shape index (κ1) is 11.6. The Balaban J connectivity index is 1.76. The highest BCUT2D eigenvalue weighted by atomic mass is 16.2. The Labute approximate surface area is 107 Å². The summed E-state index contributed by atoms with van der Waals surface area (Å²) < 4.78 is 0. The van der Waals surface area contributed by atoms with Gasteiger partial charge in [-0.1, -0.05) is 0 Å². The number of aromatic amines is 1. The average Bonchev–Trinajstić information content (AvgIpc) is 3.01. The molecule has 0 radical (unpaired) electrons. The molecule has 5 heteroatoms. The molecule has 0 bridgehead atoms. The van der Waals surface area contributed by atoms with Crippen molar-refractivity contribution in [1.29, 1.82) is 0 Å². The average molecular weight is 248 g/mol. The molecule has 1 aromatic heterocycles. The van der Waals surface area contributed by atoms with Crippen molar-refractivity contribution in [1.82, 2.24) is 20.1 Å². The molecule has 5 nitrogen and oxygen atoms in total. The van der Waals surface area contributed by atoms with Crippen molar-refractivity contribution >= 4 is 6.03 Å². The topological polar surface area (TPSA) is 51.4 Å². The monoisotopic (exact) mass is 248 g/mol. The highest BCUT2D eigenvalue weighted by molar-refractivity contribution is 5.77. The fourth-order valence-electron chi connectivity index (χ4n) is 3.00. The van der Waals surface area contributed by atoms with Crippen LogP contribution in [0.25, 0.3) is 0 Å². The van der Waals surface area contributed by atoms with Crippen LogP contribution in [-0.2, 0) is 0 Å². The lowest BCUT2D eigenvalue weighted by atomic mass is 10.1. The first-order valence-electron chi connectivity index (χ1n) is 6.65. The third-order valence-electron chi connectivity index (χ3n) is 4.12. The van der Waals surface area contributed by atoms with E-state index >= 15 is 0 Å². The molecular formula is C13H20N4O. The third kappa shape index (κ3) is 1.88. The van der Waals surface area contributed by atoms with Gasteiger partial charge in [-0.15, -0.1) is 0 Å². The molecule has 3 rings (SSSR count). The van der Waals surface area contributed by atoms with Gasteiger partial charge in [-0.05, 0) is 38.1 Å². The Morgan fingerprint density at radius 2 is 2.11 bits per heavy atom. The Morgan fingerprint density at radius 3 is 2.78 bits per heavy atom. The summed E-state index contributed by atoms with van der Waals surface area (Å²) in [6, 6.07) is 4.78. The third-order valence-corrected chi connectivity index (χ3v) is 4.12. The number of carbonyl (C=O) groups is 1. The molecule has 2 fully saturated rings. The standard InChI is InChI=1S/C13H20N4O/c1-16-12(11-3-2-6-15-11)9-17(13(16)18)10-4-7-14-8-5-10/h2-3,6,10,12,14-15H,4-5,7-9H2,1H3. The van der Waals surface area contributed by atoms with Crippen molar-refractivity contribution in [2.24, 2.45) is 0 Å². The van der Waals surface area contributed by atoms with Gasteiger partial charge < -0.3 is 20.1 Å². The van der Waals surface area contributed by atoms with Crippen LogP contribution in [0.3, 0.4) is 0 Å². The fraction of sp³-hybridized carbons (Fsp3) is 0.615. The summed E-state index contributed by atoms with van der Waals surface area (Å²) in [5.74, 6) is 0. The number of hydrogen-bond acceptors (Lipinski definition) is 2. The maximum Gasteiger partial charge on any atom is 0.320 e. The molecule has 3 heterocycles. The van der Waals surface area contributed by atoms with Gasteiger partial charge in [-0.3, -0.25) is 0 Å². The molecule has 1 atom stereocenters. The Bertz CT molecular complexity index is 411. The first-order chi connectivity index (χ1) is 8.77. The first-order valence-corrected chi connectivity index (χ1v) is 6.65. The van der Waals surface area contributed by atoms with Crippen molar-refractivity contribution in [3.63, 3.8) is 0 Å². The van der Waals surface area contributed by atoms with Gasteiger partial charge >= 0.3 is 6.03 Å². The number of piperidine rings is 1. The van der Waals surface area contributed by atoms with E-state index in [9.17, 15) is 4.79 Å². The van der Waals surface area contributed by atoms with Gasteiger partial charge in [0, 0.05) is 31.5 Å². The van der Waals surface area contributed by atoms with Gasteiger partial charge in [-0.25, -0.2) is 4.79 Å². The highest BCUT2D eigenvalue weighted by Crippen LogP contribution is 2.30. The number of aromatic nitrogens is 1. The van der Waals surface area contributed by atoms with E-state index in [2.05, 4.69) is 16.4 Å². The summed E-state index contributed by atoms with van der Waals surface area (Å²) in [6.45, 7) is 2.84. The molecule has 2 N–H and O–H groups in total. The molecule has 2 aliphatic rings. The molecule has 2 amide bonds. The van der Waals surface area contributed by atoms with Crippen molar-refractivity contribution in [3.8, 4) is 0 Å². The number of H-pyrrole nitrogens is 1. The van der Waals surface area contributed by atoms with Crippen molar-refractivity contribution in [2.75, 3.05) is 26.7 Å². The van der Waals surface area contributed by atoms with E-state index in [4.69, 9.17) is 0 Å². The number of likely N-dealkylation sites (N-methyl/N-ethyl adjacent to an activating group) is 1. The van der Waals surface area contributed by atoms with Crippen LogP contribution in [0.4, 0.5) is 4.79 Å². The molecule has 2 saturated heterocycles. The number of urea groups is 1. The summed E-state index contributed by atoms with van der Waals surface area (Å²) in [4.78, 5) is 19.5. The van der Waals surface area contributed by atoms with E-state index < -0.39 is 0 Å². The molecule has 0 spiro atoms. The summed E-state index contributed by atoms with van der Waals surface area (Å²) in [5.41, 5.74) is 1.13. The van der Waals surface area contributed by atoms with E-state index in [0.29, 0.717) is 6.04 Å². The number of nitrogens with zero attached hydrogens (tertiary/aromatic N) is 2. The molecule has 0 saturated carbocycles. The SMILES string of the molecule is CN1C(=O)N(C2CCNCC2)CC1c1ccc[nH]1. The number of rotatable bonds is 2. The summed E-state index contributed by atoms with van der Waals surface area (Å²) in [5, 5.41) is 3.35. The van der Waals surface area contributed by atoms with Gasteiger partial charge in [0.2, 0.25) is 0 Å². The van der Waals surface area contributed by atoms with Crippen LogP contribution < -0.4 is 5.32 Å². The Hall–Kier alpha value is -1.49. The summed E-state index contributed by atoms with van der Waals surface area (Å²) in [6.07, 6.45) is 4.05. The smallest absolute Gasteiger partial charge is 0.320 e. The van der Waals surface area contributed by atoms with Crippen LogP contribution >= 0.6 is 0 Å². The van der Waals surface area contributed by atoms with E-state index in [1.165, 1.54) is 0 Å². The van der Waals surface area contributed by atoms with Crippen LogP contribution in [0, 0.1) is 0 Å². The summed E-state index contributed by atoms with van der Waals surface area (Å²) in [7, 11) is 1.90. The summed E-state index contributed by atoms with van der Waals surface area (Å²) >= 11 is 0. The van der Waals surface area contributed by atoms with Gasteiger partial charge in [0.1, 0.15) is 0 Å². The number of carbonyl (C=O) groups excluding carboxylic acids is 1. The zero-order valence-corrected chi connectivity index (χ0v) is 10.7. The van der Waals surface area contributed by atoms with Crippen molar-refractivity contribution in [2.45, 2.75) is 24.9 Å². The van der Waals surface area contributed by atoms with E-state index in [1.54, 1.807) is 0 Å². The second-order valence-electron chi connectivity index (χ2n) is 5.17. The fourth-order valence-corrected chi connectivity index (χ4v) is 3.00. The van der Waals surface area contributed by atoms with E-state index in [1.807, 2.05) is 29.1 Å². The molecule has 1 aromatic rings. The van der Waals surface area contributed by atoms with Gasteiger partial charge in [0.25, 0.3) is 0 Å². The lowest BCUT2D eigenvalue weighted by Crippen LogP contribution is -2.44. The lowest BCUT2D eigenvalue weighted by molar-refractivity contribution is 0.170. The minimum atomic E-state index is 0.168. The Kier molecular flexibility index (Phi) is 2.99. The Morgan fingerprint density at radius 1 is 1.33 bits per heavy atom. The zero-order chi connectivity index (χ0) is 12.5. The van der Waals surface area contributed by atoms with Crippen LogP contribution in [-0.4, -0.2) is 53.5 Å². The van der Waals surface area contributed by atoms with Crippen LogP contribution in [0.2, 0.25) is 0 Å². The molecule has 2 aliphatic heterocycles. The molecule has 18 heavy (non-hydrogen) atoms. The minimum absolute atomic E-state index is 0.168. The second kappa shape index (κ2) is 4.65. The van der Waals surface area contributed by atoms with Gasteiger partial charge in [-0.2, -0.15) is 0 Å². The molecular weight excluding hydrogens is 228 g/mol. The lowest BCUT2D eigenvalue weighted by Gasteiger charge is -2.30. The maximum atomic E-state index is 12.3. The predicted octanol–water partition coefficient (Wildman–Crippen LogP) is 1.18. The van der Waals surface area contributed by atoms with Crippen molar-refractivity contribution < 1.29 is 4.79 Å². The second-order valence-corrected chi connectivity index (χ2v) is 5.17.